The van der Waals surface area contributed by atoms with Crippen LogP contribution < -0.4 is 5.56 Å². The Morgan fingerprint density at radius 2 is 2.00 bits per heavy atom. The molecule has 4 rings (SSSR count). The highest BCUT2D eigenvalue weighted by molar-refractivity contribution is 5.89. The summed E-state index contributed by atoms with van der Waals surface area (Å²) < 4.78 is 1.46. The van der Waals surface area contributed by atoms with Gasteiger partial charge >= 0.3 is 0 Å². The molecule has 27 heavy (non-hydrogen) atoms. The zero-order valence-electron chi connectivity index (χ0n) is 15.1. The number of rotatable bonds is 4. The fourth-order valence-electron chi connectivity index (χ4n) is 3.64. The fourth-order valence-corrected chi connectivity index (χ4v) is 3.64. The largest absolute Gasteiger partial charge is 0.345 e. The molecule has 2 amide bonds. The molecule has 2 aliphatic rings. The highest BCUT2D eigenvalue weighted by Crippen LogP contribution is 2.24. The van der Waals surface area contributed by atoms with Gasteiger partial charge in [-0.15, -0.1) is 0 Å². The second-order valence-electron chi connectivity index (χ2n) is 7.27. The fraction of sp³-hybridized carbons (Fsp3) is 0.421. The molecule has 0 radical (unpaired) electrons. The summed E-state index contributed by atoms with van der Waals surface area (Å²) in [6.07, 6.45) is 3.70. The van der Waals surface area contributed by atoms with Crippen LogP contribution in [0.5, 0.6) is 0 Å². The average molecular weight is 367 g/mol. The van der Waals surface area contributed by atoms with Crippen molar-refractivity contribution in [1.29, 1.82) is 0 Å². The van der Waals surface area contributed by atoms with Crippen molar-refractivity contribution in [1.82, 2.24) is 24.6 Å². The number of pyridine rings is 1. The van der Waals surface area contributed by atoms with E-state index in [0.717, 1.165) is 5.56 Å². The van der Waals surface area contributed by atoms with Gasteiger partial charge in [-0.25, -0.2) is 4.68 Å². The molecule has 0 N–H and O–H groups in total. The molecule has 8 heteroatoms. The van der Waals surface area contributed by atoms with Gasteiger partial charge in [0.05, 0.1) is 18.2 Å². The predicted molar refractivity (Wildman–Crippen MR) is 97.5 cm³/mol. The Balaban J connectivity index is 1.38. The lowest BCUT2D eigenvalue weighted by Gasteiger charge is -2.40. The van der Waals surface area contributed by atoms with Crippen LogP contribution in [0.1, 0.15) is 6.42 Å². The lowest BCUT2D eigenvalue weighted by atomic mass is 9.96. The van der Waals surface area contributed by atoms with Crippen LogP contribution in [0.15, 0.2) is 41.5 Å². The molecule has 140 valence electrons. The molecule has 0 saturated carbocycles. The second kappa shape index (κ2) is 6.94. The van der Waals surface area contributed by atoms with Crippen molar-refractivity contribution in [2.24, 2.45) is 11.8 Å². The summed E-state index contributed by atoms with van der Waals surface area (Å²) >= 11 is 0. The van der Waals surface area contributed by atoms with E-state index < -0.39 is 0 Å². The Hall–Kier alpha value is -3.03. The highest BCUT2D eigenvalue weighted by atomic mass is 16.2. The molecule has 2 saturated heterocycles. The topological polar surface area (TPSA) is 88.4 Å². The van der Waals surface area contributed by atoms with Crippen molar-refractivity contribution in [3.8, 4) is 11.3 Å². The Morgan fingerprint density at radius 1 is 1.19 bits per heavy atom. The molecule has 0 bridgehead atoms. The van der Waals surface area contributed by atoms with Crippen molar-refractivity contribution in [3.05, 3.63) is 47.0 Å². The summed E-state index contributed by atoms with van der Waals surface area (Å²) in [4.78, 5) is 43.7. The molecule has 1 unspecified atom stereocenters. The summed E-state index contributed by atoms with van der Waals surface area (Å²) in [7, 11) is 1.72. The molecule has 0 aromatic carbocycles. The first kappa shape index (κ1) is 17.4. The quantitative estimate of drug-likeness (QED) is 0.773. The molecule has 2 aromatic rings. The summed E-state index contributed by atoms with van der Waals surface area (Å²) in [6.45, 7) is 2.16. The van der Waals surface area contributed by atoms with Crippen LogP contribution in [0.4, 0.5) is 0 Å². The number of carbonyl (C=O) groups excluding carboxylic acids is 2. The predicted octanol–water partition coefficient (Wildman–Crippen LogP) is 0.242. The standard InChI is InChI=1S/C19H21N5O3/c1-22-12-15(7-18(22)26)19(27)23-9-13(10-23)11-24-17(25)5-4-16(21-24)14-3-2-6-20-8-14/h2-6,8,13,15H,7,9-12H2,1H3. The Bertz CT molecular complexity index is 920. The second-order valence-corrected chi connectivity index (χ2v) is 7.27. The molecule has 2 aliphatic heterocycles. The van der Waals surface area contributed by atoms with E-state index in [9.17, 15) is 14.4 Å². The Morgan fingerprint density at radius 3 is 2.67 bits per heavy atom. The third kappa shape index (κ3) is 3.47. The monoisotopic (exact) mass is 367 g/mol. The number of nitrogens with zero attached hydrogens (tertiary/aromatic N) is 5. The first-order valence-corrected chi connectivity index (χ1v) is 9.02. The maximum absolute atomic E-state index is 12.5. The van der Waals surface area contributed by atoms with E-state index in [4.69, 9.17) is 0 Å². The number of hydrogen-bond acceptors (Lipinski definition) is 5. The van der Waals surface area contributed by atoms with Gasteiger partial charge in [-0.2, -0.15) is 5.10 Å². The number of carbonyl (C=O) groups is 2. The molecule has 1 atom stereocenters. The van der Waals surface area contributed by atoms with Crippen LogP contribution in [-0.4, -0.2) is 63.1 Å². The normalized spacial score (nSPS) is 20.0. The average Bonchev–Trinajstić information content (AvgIpc) is 2.98. The third-order valence-corrected chi connectivity index (χ3v) is 5.21. The van der Waals surface area contributed by atoms with Crippen molar-refractivity contribution >= 4 is 11.8 Å². The summed E-state index contributed by atoms with van der Waals surface area (Å²) in [5, 5.41) is 4.44. The Kier molecular flexibility index (Phi) is 4.47. The first-order valence-electron chi connectivity index (χ1n) is 9.02. The SMILES string of the molecule is CN1CC(C(=O)N2CC(Cn3nc(-c4cccnc4)ccc3=O)C2)CC1=O. The van der Waals surface area contributed by atoms with E-state index in [1.165, 1.54) is 10.7 Å². The first-order chi connectivity index (χ1) is 13.0. The van der Waals surface area contributed by atoms with E-state index in [-0.39, 0.29) is 29.2 Å². The molecule has 0 aliphatic carbocycles. The minimum Gasteiger partial charge on any atom is -0.345 e. The van der Waals surface area contributed by atoms with Crippen LogP contribution in [0.2, 0.25) is 0 Å². The molecule has 0 spiro atoms. The van der Waals surface area contributed by atoms with E-state index in [1.54, 1.807) is 35.3 Å². The third-order valence-electron chi connectivity index (χ3n) is 5.21. The maximum atomic E-state index is 12.5. The van der Waals surface area contributed by atoms with E-state index in [1.807, 2.05) is 12.1 Å². The van der Waals surface area contributed by atoms with Crippen LogP contribution in [0, 0.1) is 11.8 Å². The zero-order valence-corrected chi connectivity index (χ0v) is 15.1. The van der Waals surface area contributed by atoms with Gasteiger partial charge in [0.1, 0.15) is 0 Å². The summed E-state index contributed by atoms with van der Waals surface area (Å²) in [5.41, 5.74) is 1.39. The number of amides is 2. The van der Waals surface area contributed by atoms with Gasteiger partial charge in [-0.1, -0.05) is 0 Å². The van der Waals surface area contributed by atoms with Gasteiger partial charge in [0.15, 0.2) is 0 Å². The lowest BCUT2D eigenvalue weighted by Crippen LogP contribution is -2.54. The van der Waals surface area contributed by atoms with Gasteiger partial charge in [-0.3, -0.25) is 19.4 Å². The van der Waals surface area contributed by atoms with Crippen molar-refractivity contribution in [3.63, 3.8) is 0 Å². The van der Waals surface area contributed by atoms with Crippen LogP contribution in [-0.2, 0) is 16.1 Å². The summed E-state index contributed by atoms with van der Waals surface area (Å²) in [6, 6.07) is 6.93. The van der Waals surface area contributed by atoms with Gasteiger partial charge in [0.2, 0.25) is 11.8 Å². The van der Waals surface area contributed by atoms with E-state index in [0.29, 0.717) is 38.3 Å². The Labute approximate surface area is 156 Å². The van der Waals surface area contributed by atoms with Crippen molar-refractivity contribution < 1.29 is 9.59 Å². The maximum Gasteiger partial charge on any atom is 0.266 e. The molecule has 2 fully saturated rings. The van der Waals surface area contributed by atoms with Gasteiger partial charge in [0, 0.05) is 63.0 Å². The van der Waals surface area contributed by atoms with E-state index in [2.05, 4.69) is 10.1 Å². The zero-order chi connectivity index (χ0) is 19.0. The molecule has 8 nitrogen and oxygen atoms in total. The van der Waals surface area contributed by atoms with Gasteiger partial charge in [0.25, 0.3) is 5.56 Å². The van der Waals surface area contributed by atoms with Crippen molar-refractivity contribution in [2.75, 3.05) is 26.7 Å². The molecule has 4 heterocycles. The number of hydrogen-bond donors (Lipinski definition) is 0. The molecular weight excluding hydrogens is 346 g/mol. The smallest absolute Gasteiger partial charge is 0.266 e. The van der Waals surface area contributed by atoms with Crippen molar-refractivity contribution in [2.45, 2.75) is 13.0 Å². The minimum atomic E-state index is -0.238. The highest BCUT2D eigenvalue weighted by Gasteiger charge is 2.39. The number of aromatic nitrogens is 3. The van der Waals surface area contributed by atoms with Gasteiger partial charge < -0.3 is 9.80 Å². The minimum absolute atomic E-state index is 0.0217. The van der Waals surface area contributed by atoms with Gasteiger partial charge in [-0.05, 0) is 18.2 Å². The van der Waals surface area contributed by atoms with Crippen LogP contribution in [0.25, 0.3) is 11.3 Å². The van der Waals surface area contributed by atoms with Crippen LogP contribution in [0.3, 0.4) is 0 Å². The lowest BCUT2D eigenvalue weighted by molar-refractivity contribution is -0.142. The summed E-state index contributed by atoms with van der Waals surface area (Å²) in [5.74, 6) is 0.0121. The van der Waals surface area contributed by atoms with E-state index >= 15 is 0 Å². The molecular formula is C19H21N5O3. The van der Waals surface area contributed by atoms with Crippen LogP contribution >= 0.6 is 0 Å². The molecule has 2 aromatic heterocycles. The number of likely N-dealkylation sites (tertiary alicyclic amines) is 2.